The molecule has 5 nitrogen and oxygen atoms in total. The molecule has 0 unspecified atom stereocenters. The van der Waals surface area contributed by atoms with Crippen LogP contribution in [0.3, 0.4) is 0 Å². The van der Waals surface area contributed by atoms with Gasteiger partial charge in [-0.15, -0.1) is 0 Å². The van der Waals surface area contributed by atoms with Gasteiger partial charge in [-0.1, -0.05) is 26.3 Å². The first kappa shape index (κ1) is 16.1. The van der Waals surface area contributed by atoms with Crippen molar-refractivity contribution >= 4 is 10.0 Å². The summed E-state index contributed by atoms with van der Waals surface area (Å²) in [5, 5.41) is 3.33. The summed E-state index contributed by atoms with van der Waals surface area (Å²) >= 11 is 0. The van der Waals surface area contributed by atoms with Crippen LogP contribution in [0.2, 0.25) is 0 Å². The number of hydrogen-bond donors (Lipinski definition) is 2. The molecule has 1 heterocycles. The van der Waals surface area contributed by atoms with Crippen LogP contribution < -0.4 is 10.0 Å². The molecular weight excluding hydrogens is 262 g/mol. The fourth-order valence-electron chi connectivity index (χ4n) is 1.54. The zero-order valence-corrected chi connectivity index (χ0v) is 12.5. The van der Waals surface area contributed by atoms with Gasteiger partial charge in [0.2, 0.25) is 0 Å². The van der Waals surface area contributed by atoms with E-state index in [4.69, 9.17) is 0 Å². The second-order valence-corrected chi connectivity index (χ2v) is 6.15. The third kappa shape index (κ3) is 5.67. The van der Waals surface area contributed by atoms with Crippen molar-refractivity contribution in [2.45, 2.75) is 44.7 Å². The number of nitrogens with zero attached hydrogens (tertiary/aromatic N) is 1. The lowest BCUT2D eigenvalue weighted by atomic mass is 10.3. The van der Waals surface area contributed by atoms with Crippen molar-refractivity contribution in [3.05, 3.63) is 23.9 Å². The van der Waals surface area contributed by atoms with E-state index in [0.717, 1.165) is 31.4 Å². The van der Waals surface area contributed by atoms with Gasteiger partial charge in [0.1, 0.15) is 0 Å². The summed E-state index contributed by atoms with van der Waals surface area (Å²) in [6, 6.07) is 3.35. The maximum atomic E-state index is 11.9. The lowest BCUT2D eigenvalue weighted by molar-refractivity contribution is 0.574. The molecule has 0 aliphatic carbocycles. The van der Waals surface area contributed by atoms with E-state index in [1.807, 2.05) is 6.92 Å². The van der Waals surface area contributed by atoms with E-state index < -0.39 is 10.0 Å². The summed E-state index contributed by atoms with van der Waals surface area (Å²) in [5.74, 6) is 0. The van der Waals surface area contributed by atoms with Crippen LogP contribution in [0.15, 0.2) is 23.4 Å². The predicted molar refractivity (Wildman–Crippen MR) is 76.3 cm³/mol. The Bertz CT molecular complexity index is 457. The zero-order chi connectivity index (χ0) is 14.1. The monoisotopic (exact) mass is 285 g/mol. The number of nitrogens with one attached hydrogen (secondary N) is 2. The van der Waals surface area contributed by atoms with E-state index in [1.165, 1.54) is 0 Å². The smallest absolute Gasteiger partial charge is 0.258 e. The van der Waals surface area contributed by atoms with Crippen LogP contribution in [-0.2, 0) is 16.6 Å². The van der Waals surface area contributed by atoms with Crippen molar-refractivity contribution in [3.8, 4) is 0 Å². The number of aromatic nitrogens is 1. The normalized spacial score (nSPS) is 11.7. The maximum Gasteiger partial charge on any atom is 0.258 e. The van der Waals surface area contributed by atoms with E-state index in [1.54, 1.807) is 18.3 Å². The highest BCUT2D eigenvalue weighted by Crippen LogP contribution is 2.06. The second kappa shape index (κ2) is 8.24. The largest absolute Gasteiger partial charge is 0.313 e. The quantitative estimate of drug-likeness (QED) is 0.677. The van der Waals surface area contributed by atoms with Crippen LogP contribution in [-0.4, -0.2) is 26.5 Å². The summed E-state index contributed by atoms with van der Waals surface area (Å²) in [7, 11) is -3.46. The van der Waals surface area contributed by atoms with Crippen molar-refractivity contribution in [2.24, 2.45) is 0 Å². The molecule has 1 aromatic rings. The Morgan fingerprint density at radius 1 is 1.16 bits per heavy atom. The molecule has 0 amide bonds. The second-order valence-electron chi connectivity index (χ2n) is 4.43. The molecule has 0 aromatic carbocycles. The molecule has 0 saturated carbocycles. The lowest BCUT2D eigenvalue weighted by Crippen LogP contribution is -2.25. The molecule has 0 bridgehead atoms. The van der Waals surface area contributed by atoms with E-state index in [2.05, 4.69) is 21.9 Å². The average molecular weight is 285 g/mol. The van der Waals surface area contributed by atoms with E-state index >= 15 is 0 Å². The molecule has 0 radical (unpaired) electrons. The Morgan fingerprint density at radius 3 is 2.53 bits per heavy atom. The van der Waals surface area contributed by atoms with Crippen molar-refractivity contribution in [3.63, 3.8) is 0 Å². The van der Waals surface area contributed by atoms with Gasteiger partial charge < -0.3 is 5.32 Å². The highest BCUT2D eigenvalue weighted by Gasteiger charge is 2.14. The summed E-state index contributed by atoms with van der Waals surface area (Å²) in [6.07, 6.45) is 4.47. The number of sulfonamides is 1. The minimum absolute atomic E-state index is 0.0860. The number of hydrogen-bond acceptors (Lipinski definition) is 4. The molecule has 1 rings (SSSR count). The van der Waals surface area contributed by atoms with Gasteiger partial charge in [0.15, 0.2) is 5.03 Å². The molecule has 0 aliphatic heterocycles. The molecule has 1 aromatic heterocycles. The van der Waals surface area contributed by atoms with Gasteiger partial charge in [-0.25, -0.2) is 18.1 Å². The van der Waals surface area contributed by atoms with Crippen molar-refractivity contribution < 1.29 is 8.42 Å². The molecule has 19 heavy (non-hydrogen) atoms. The van der Waals surface area contributed by atoms with E-state index in [-0.39, 0.29) is 5.03 Å². The van der Waals surface area contributed by atoms with Crippen LogP contribution in [0.4, 0.5) is 0 Å². The Morgan fingerprint density at radius 2 is 1.95 bits per heavy atom. The molecule has 0 atom stereocenters. The molecular formula is C13H23N3O2S. The minimum Gasteiger partial charge on any atom is -0.313 e. The fraction of sp³-hybridized carbons (Fsp3) is 0.615. The average Bonchev–Trinajstić information content (AvgIpc) is 2.40. The first-order valence-corrected chi connectivity index (χ1v) is 8.23. The molecule has 0 fully saturated rings. The molecule has 108 valence electrons. The van der Waals surface area contributed by atoms with Crippen LogP contribution in [0.1, 0.15) is 38.7 Å². The third-order valence-electron chi connectivity index (χ3n) is 2.65. The Balaban J connectivity index is 2.59. The van der Waals surface area contributed by atoms with Gasteiger partial charge >= 0.3 is 0 Å². The van der Waals surface area contributed by atoms with Crippen molar-refractivity contribution in [1.82, 2.24) is 15.0 Å². The Labute approximate surface area is 115 Å². The lowest BCUT2D eigenvalue weighted by Gasteiger charge is -2.07. The third-order valence-corrected chi connectivity index (χ3v) is 4.03. The van der Waals surface area contributed by atoms with Crippen molar-refractivity contribution in [1.29, 1.82) is 0 Å². The van der Waals surface area contributed by atoms with E-state index in [0.29, 0.717) is 13.1 Å². The van der Waals surface area contributed by atoms with Gasteiger partial charge in [-0.05, 0) is 31.0 Å². The Kier molecular flexibility index (Phi) is 6.97. The fourth-order valence-corrected chi connectivity index (χ4v) is 2.54. The van der Waals surface area contributed by atoms with Crippen LogP contribution in [0.5, 0.6) is 0 Å². The maximum absolute atomic E-state index is 11.9. The summed E-state index contributed by atoms with van der Waals surface area (Å²) in [6.45, 7) is 6.23. The standard InChI is InChI=1S/C13H23N3O2S/c1-3-5-9-16-19(17,18)13-7-6-12(11-15-13)10-14-8-4-2/h6-7,11,14,16H,3-5,8-10H2,1-2H3. The first-order chi connectivity index (χ1) is 9.10. The van der Waals surface area contributed by atoms with Gasteiger partial charge in [-0.3, -0.25) is 0 Å². The number of pyridine rings is 1. The SMILES string of the molecule is CCCCNS(=O)(=O)c1ccc(CNCCC)cn1. The Hall–Kier alpha value is -0.980. The predicted octanol–water partition coefficient (Wildman–Crippen LogP) is 1.66. The van der Waals surface area contributed by atoms with Crippen molar-refractivity contribution in [2.75, 3.05) is 13.1 Å². The van der Waals surface area contributed by atoms with Crippen LogP contribution >= 0.6 is 0 Å². The van der Waals surface area contributed by atoms with E-state index in [9.17, 15) is 8.42 Å². The zero-order valence-electron chi connectivity index (χ0n) is 11.6. The summed E-state index contributed by atoms with van der Waals surface area (Å²) in [4.78, 5) is 4.02. The molecule has 0 saturated heterocycles. The van der Waals surface area contributed by atoms with Gasteiger partial charge in [-0.2, -0.15) is 0 Å². The molecule has 6 heteroatoms. The highest BCUT2D eigenvalue weighted by molar-refractivity contribution is 7.89. The number of rotatable bonds is 9. The minimum atomic E-state index is -3.46. The first-order valence-electron chi connectivity index (χ1n) is 6.75. The highest BCUT2D eigenvalue weighted by atomic mass is 32.2. The molecule has 2 N–H and O–H groups in total. The summed E-state index contributed by atoms with van der Waals surface area (Å²) < 4.78 is 26.3. The van der Waals surface area contributed by atoms with Gasteiger partial charge in [0, 0.05) is 19.3 Å². The van der Waals surface area contributed by atoms with Crippen LogP contribution in [0, 0.1) is 0 Å². The molecule has 0 spiro atoms. The number of unbranched alkanes of at least 4 members (excludes halogenated alkanes) is 1. The topological polar surface area (TPSA) is 71.1 Å². The van der Waals surface area contributed by atoms with Gasteiger partial charge in [0.25, 0.3) is 10.0 Å². The van der Waals surface area contributed by atoms with Crippen LogP contribution in [0.25, 0.3) is 0 Å². The summed E-state index contributed by atoms with van der Waals surface area (Å²) in [5.41, 5.74) is 0.987. The molecule has 0 aliphatic rings. The van der Waals surface area contributed by atoms with Gasteiger partial charge in [0.05, 0.1) is 0 Å².